The minimum Gasteiger partial charge on any atom is -0.402 e. The summed E-state index contributed by atoms with van der Waals surface area (Å²) >= 11 is 0. The van der Waals surface area contributed by atoms with E-state index in [9.17, 15) is 4.79 Å². The number of hydrogen-bond donors (Lipinski definition) is 0. The Hall–Kier alpha value is -2.62. The summed E-state index contributed by atoms with van der Waals surface area (Å²) in [5.41, 5.74) is 1.26. The number of piperidine rings is 1. The van der Waals surface area contributed by atoms with E-state index in [0.29, 0.717) is 11.6 Å². The highest BCUT2D eigenvalue weighted by Gasteiger charge is 2.26. The molecule has 0 unspecified atom stereocenters. The summed E-state index contributed by atoms with van der Waals surface area (Å²) in [5, 5.41) is 2.15. The Kier molecular flexibility index (Phi) is 3.58. The van der Waals surface area contributed by atoms with Gasteiger partial charge < -0.3 is 9.64 Å². The lowest BCUT2D eigenvalue weighted by molar-refractivity contribution is -0.130. The number of nitrogens with zero attached hydrogens (tertiary/aromatic N) is 2. The number of benzene rings is 2. The normalized spacial score (nSPS) is 20.0. The second-order valence-corrected chi connectivity index (χ2v) is 5.94. The van der Waals surface area contributed by atoms with E-state index in [0.717, 1.165) is 29.4 Å². The highest BCUT2D eigenvalue weighted by Crippen LogP contribution is 2.24. The molecule has 0 bridgehead atoms. The number of likely N-dealkylation sites (tertiary alicyclic amines) is 1. The zero-order valence-corrected chi connectivity index (χ0v) is 12.9. The molecule has 0 radical (unpaired) electrons. The van der Waals surface area contributed by atoms with Gasteiger partial charge in [0.05, 0.1) is 0 Å². The zero-order valence-electron chi connectivity index (χ0n) is 12.9. The fourth-order valence-electron chi connectivity index (χ4n) is 3.15. The van der Waals surface area contributed by atoms with Crippen LogP contribution in [0.2, 0.25) is 0 Å². The van der Waals surface area contributed by atoms with Crippen molar-refractivity contribution in [3.05, 3.63) is 59.9 Å². The first-order valence-electron chi connectivity index (χ1n) is 8.06. The molecule has 4 nitrogen and oxygen atoms in total. The van der Waals surface area contributed by atoms with Crippen molar-refractivity contribution in [2.75, 3.05) is 13.1 Å². The molecular weight excluding hydrogens is 288 g/mol. The maximum atomic E-state index is 12.1. The van der Waals surface area contributed by atoms with Crippen LogP contribution in [0.5, 0.6) is 0 Å². The van der Waals surface area contributed by atoms with Crippen LogP contribution in [0.4, 0.5) is 0 Å². The Balaban J connectivity index is 1.70. The maximum Gasteiger partial charge on any atom is 0.365 e. The van der Waals surface area contributed by atoms with Crippen molar-refractivity contribution in [2.24, 2.45) is 4.99 Å². The van der Waals surface area contributed by atoms with Gasteiger partial charge in [-0.2, -0.15) is 0 Å². The van der Waals surface area contributed by atoms with Gasteiger partial charge >= 0.3 is 5.97 Å². The quantitative estimate of drug-likeness (QED) is 0.630. The van der Waals surface area contributed by atoms with Crippen molar-refractivity contribution < 1.29 is 9.53 Å². The molecule has 0 saturated carbocycles. The number of carbonyl (C=O) groups is 1. The van der Waals surface area contributed by atoms with E-state index in [-0.39, 0.29) is 5.97 Å². The molecule has 0 N–H and O–H groups in total. The summed E-state index contributed by atoms with van der Waals surface area (Å²) in [6.07, 6.45) is 5.44. The van der Waals surface area contributed by atoms with Gasteiger partial charge in [0.25, 0.3) is 0 Å². The van der Waals surface area contributed by atoms with Crippen molar-refractivity contribution in [1.82, 2.24) is 4.90 Å². The molecule has 4 heteroatoms. The molecule has 2 aromatic carbocycles. The van der Waals surface area contributed by atoms with Gasteiger partial charge in [-0.1, -0.05) is 36.4 Å². The molecule has 116 valence electrons. The Morgan fingerprint density at radius 3 is 2.65 bits per heavy atom. The highest BCUT2D eigenvalue weighted by atomic mass is 16.6. The molecule has 0 spiro atoms. The highest BCUT2D eigenvalue weighted by molar-refractivity contribution is 6.16. The van der Waals surface area contributed by atoms with E-state index in [2.05, 4.69) is 9.89 Å². The van der Waals surface area contributed by atoms with Gasteiger partial charge in [-0.3, -0.25) is 0 Å². The molecule has 2 aliphatic heterocycles. The van der Waals surface area contributed by atoms with Gasteiger partial charge in [-0.15, -0.1) is 0 Å². The summed E-state index contributed by atoms with van der Waals surface area (Å²) in [7, 11) is 0. The molecule has 0 atom stereocenters. The van der Waals surface area contributed by atoms with E-state index in [1.807, 2.05) is 48.7 Å². The summed E-state index contributed by atoms with van der Waals surface area (Å²) in [4.78, 5) is 18.7. The van der Waals surface area contributed by atoms with Gasteiger partial charge in [0.1, 0.15) is 0 Å². The predicted octanol–water partition coefficient (Wildman–Crippen LogP) is 3.47. The van der Waals surface area contributed by atoms with Crippen LogP contribution in [-0.4, -0.2) is 29.9 Å². The first-order valence-corrected chi connectivity index (χ1v) is 8.06. The Morgan fingerprint density at radius 1 is 1.00 bits per heavy atom. The van der Waals surface area contributed by atoms with Crippen LogP contribution in [-0.2, 0) is 9.53 Å². The molecule has 1 saturated heterocycles. The number of cyclic esters (lactones) is 1. The van der Waals surface area contributed by atoms with Crippen LogP contribution in [0.1, 0.15) is 24.8 Å². The second kappa shape index (κ2) is 5.88. The molecule has 1 fully saturated rings. The third-order valence-corrected chi connectivity index (χ3v) is 4.34. The lowest BCUT2D eigenvalue weighted by atomic mass is 10.0. The van der Waals surface area contributed by atoms with Crippen LogP contribution in [0.3, 0.4) is 0 Å². The molecule has 0 aromatic heterocycles. The monoisotopic (exact) mass is 306 g/mol. The van der Waals surface area contributed by atoms with Crippen LogP contribution < -0.4 is 0 Å². The van der Waals surface area contributed by atoms with Crippen molar-refractivity contribution in [3.8, 4) is 0 Å². The van der Waals surface area contributed by atoms with Crippen LogP contribution in [0, 0.1) is 0 Å². The third-order valence-electron chi connectivity index (χ3n) is 4.34. The molecule has 0 aliphatic carbocycles. The Morgan fingerprint density at radius 2 is 1.78 bits per heavy atom. The van der Waals surface area contributed by atoms with Crippen LogP contribution >= 0.6 is 0 Å². The molecule has 2 aromatic rings. The molecule has 2 aliphatic rings. The number of ether oxygens (including phenoxy) is 1. The van der Waals surface area contributed by atoms with Gasteiger partial charge in [-0.25, -0.2) is 9.79 Å². The number of hydrogen-bond acceptors (Lipinski definition) is 4. The fraction of sp³-hybridized carbons (Fsp3) is 0.263. The van der Waals surface area contributed by atoms with Crippen molar-refractivity contribution in [3.63, 3.8) is 0 Å². The summed E-state index contributed by atoms with van der Waals surface area (Å²) < 4.78 is 5.43. The number of rotatable bonds is 2. The summed E-state index contributed by atoms with van der Waals surface area (Å²) in [5.74, 6) is 0.0357. The average molecular weight is 306 g/mol. The molecule has 23 heavy (non-hydrogen) atoms. The Labute approximate surface area is 135 Å². The number of aliphatic imine (C=N–C) groups is 1. The molecular formula is C19H18N2O2. The van der Waals surface area contributed by atoms with Crippen molar-refractivity contribution in [2.45, 2.75) is 19.3 Å². The summed E-state index contributed by atoms with van der Waals surface area (Å²) in [6.45, 7) is 1.96. The zero-order chi connectivity index (χ0) is 15.6. The minimum absolute atomic E-state index is 0.362. The topological polar surface area (TPSA) is 41.9 Å². The first kappa shape index (κ1) is 14.0. The minimum atomic E-state index is -0.362. The van der Waals surface area contributed by atoms with Gasteiger partial charge in [-0.05, 0) is 36.1 Å². The van der Waals surface area contributed by atoms with E-state index >= 15 is 0 Å². The Bertz CT molecular complexity index is 812. The van der Waals surface area contributed by atoms with Gasteiger partial charge in [0, 0.05) is 24.9 Å². The van der Waals surface area contributed by atoms with E-state index in [1.165, 1.54) is 19.3 Å². The smallest absolute Gasteiger partial charge is 0.365 e. The lowest BCUT2D eigenvalue weighted by Crippen LogP contribution is -2.25. The number of esters is 1. The second-order valence-electron chi connectivity index (χ2n) is 5.94. The molecule has 2 heterocycles. The van der Waals surface area contributed by atoms with Crippen LogP contribution in [0.25, 0.3) is 10.8 Å². The van der Waals surface area contributed by atoms with E-state index < -0.39 is 0 Å². The van der Waals surface area contributed by atoms with E-state index in [4.69, 9.17) is 4.74 Å². The average Bonchev–Trinajstić information content (AvgIpc) is 2.96. The third kappa shape index (κ3) is 2.72. The van der Waals surface area contributed by atoms with Crippen molar-refractivity contribution in [1.29, 1.82) is 0 Å². The fourth-order valence-corrected chi connectivity index (χ4v) is 3.15. The molecule has 4 rings (SSSR count). The largest absolute Gasteiger partial charge is 0.402 e. The SMILES string of the molecule is O=C1OC(c2cccc3ccccc23)=NC1=CN1CCCCC1. The van der Waals surface area contributed by atoms with Crippen LogP contribution in [0.15, 0.2) is 59.4 Å². The summed E-state index contributed by atoms with van der Waals surface area (Å²) in [6, 6.07) is 14.0. The molecule has 0 amide bonds. The van der Waals surface area contributed by atoms with E-state index in [1.54, 1.807) is 0 Å². The predicted molar refractivity (Wildman–Crippen MR) is 90.1 cm³/mol. The number of fused-ring (bicyclic) bond motifs is 1. The standard InChI is InChI=1S/C19H18N2O2/c22-19-17(13-21-11-4-1-5-12-21)20-18(23-19)16-10-6-8-14-7-2-3-9-15(14)16/h2-3,6-10,13H,1,4-5,11-12H2. The first-order chi connectivity index (χ1) is 11.3. The lowest BCUT2D eigenvalue weighted by Gasteiger charge is -2.24. The number of carbonyl (C=O) groups excluding carboxylic acids is 1. The maximum absolute atomic E-state index is 12.1. The van der Waals surface area contributed by atoms with Gasteiger partial charge in [0.2, 0.25) is 5.90 Å². The van der Waals surface area contributed by atoms with Crippen molar-refractivity contribution >= 4 is 22.6 Å². The van der Waals surface area contributed by atoms with Gasteiger partial charge in [0.15, 0.2) is 5.70 Å².